The third-order valence-electron chi connectivity index (χ3n) is 4.59. The predicted molar refractivity (Wildman–Crippen MR) is 117 cm³/mol. The molecule has 2 aromatic carbocycles. The molecule has 0 spiro atoms. The number of ether oxygens (including phenoxy) is 2. The Morgan fingerprint density at radius 2 is 1.00 bits per heavy atom. The number of fused-ring (bicyclic) bond motifs is 2. The van der Waals surface area contributed by atoms with Gasteiger partial charge in [-0.1, -0.05) is 24.3 Å². The van der Waals surface area contributed by atoms with Gasteiger partial charge < -0.3 is 19.7 Å². The first-order valence-corrected chi connectivity index (χ1v) is 12.2. The van der Waals surface area contributed by atoms with Crippen molar-refractivity contribution in [1.82, 2.24) is 9.44 Å². The Labute approximate surface area is 194 Å². The van der Waals surface area contributed by atoms with Gasteiger partial charge >= 0.3 is 11.9 Å². The summed E-state index contributed by atoms with van der Waals surface area (Å²) in [6, 6.07) is 11.7. The van der Waals surface area contributed by atoms with Gasteiger partial charge in [-0.3, -0.25) is 9.44 Å². The average Bonchev–Trinajstić information content (AvgIpc) is 2.83. The fourth-order valence-corrected chi connectivity index (χ4v) is 5.56. The molecule has 0 aliphatic carbocycles. The Morgan fingerprint density at radius 3 is 1.32 bits per heavy atom. The molecule has 12 nitrogen and oxygen atoms in total. The normalized spacial score (nSPS) is 17.0. The van der Waals surface area contributed by atoms with E-state index in [0.29, 0.717) is 0 Å². The van der Waals surface area contributed by atoms with Crippen LogP contribution in [0.1, 0.15) is 11.1 Å². The molecular weight excluding hydrogens is 492 g/mol. The van der Waals surface area contributed by atoms with Crippen LogP contribution in [0.5, 0.6) is 0 Å². The van der Waals surface area contributed by atoms with Crippen molar-refractivity contribution in [2.75, 3.05) is 14.2 Å². The number of sulfonamides is 2. The number of nitrogens with one attached hydrogen (secondary N) is 2. The topological polar surface area (TPSA) is 185 Å². The van der Waals surface area contributed by atoms with Crippen molar-refractivity contribution in [3.05, 3.63) is 71.1 Å². The molecule has 0 saturated heterocycles. The van der Waals surface area contributed by atoms with Crippen LogP contribution < -0.4 is 9.44 Å². The highest BCUT2D eigenvalue weighted by Crippen LogP contribution is 2.30. The molecule has 0 atom stereocenters. The highest BCUT2D eigenvalue weighted by atomic mass is 32.2. The SMILES string of the molecule is COC(=O)C1=C(O)c2ccccc2S(=O)(=O)N1.COC(=O)C1=C(O)c2ccccc2S(=O)(=O)N1. The van der Waals surface area contributed by atoms with Crippen LogP contribution in [-0.2, 0) is 39.1 Å². The zero-order chi connectivity index (χ0) is 25.3. The molecule has 14 heteroatoms. The number of carbonyl (C=O) groups is 2. The number of carbonyl (C=O) groups excluding carboxylic acids is 2. The third-order valence-corrected chi connectivity index (χ3v) is 7.40. The lowest BCUT2D eigenvalue weighted by Gasteiger charge is -2.19. The first-order chi connectivity index (χ1) is 15.9. The molecule has 2 aliphatic rings. The first kappa shape index (κ1) is 24.6. The number of hydrogen-bond acceptors (Lipinski definition) is 10. The maximum atomic E-state index is 11.8. The summed E-state index contributed by atoms with van der Waals surface area (Å²) in [4.78, 5) is 22.5. The molecular formula is C20H18N2O10S2. The third kappa shape index (κ3) is 4.40. The zero-order valence-electron chi connectivity index (χ0n) is 17.6. The Morgan fingerprint density at radius 1 is 0.676 bits per heavy atom. The van der Waals surface area contributed by atoms with Crippen LogP contribution in [0.4, 0.5) is 0 Å². The minimum absolute atomic E-state index is 0.0756. The van der Waals surface area contributed by atoms with E-state index in [2.05, 4.69) is 9.47 Å². The van der Waals surface area contributed by atoms with Crippen LogP contribution in [0.3, 0.4) is 0 Å². The lowest BCUT2D eigenvalue weighted by molar-refractivity contribution is -0.137. The molecule has 2 heterocycles. The van der Waals surface area contributed by atoms with Crippen LogP contribution >= 0.6 is 0 Å². The quantitative estimate of drug-likeness (QED) is 0.420. The van der Waals surface area contributed by atoms with Gasteiger partial charge in [-0.05, 0) is 24.3 Å². The van der Waals surface area contributed by atoms with Crippen molar-refractivity contribution in [3.8, 4) is 0 Å². The number of aliphatic hydroxyl groups is 2. The van der Waals surface area contributed by atoms with Gasteiger partial charge in [0.2, 0.25) is 0 Å². The average molecular weight is 511 g/mol. The van der Waals surface area contributed by atoms with E-state index >= 15 is 0 Å². The molecule has 0 bridgehead atoms. The second-order valence-corrected chi connectivity index (χ2v) is 9.94. The molecule has 2 aromatic rings. The van der Waals surface area contributed by atoms with E-state index in [4.69, 9.17) is 0 Å². The standard InChI is InChI=1S/2C10H9NO5S/c2*1-16-10(13)8-9(12)6-4-2-3-5-7(6)17(14,15)11-8/h2*2-5,11-12H,1H3. The summed E-state index contributed by atoms with van der Waals surface area (Å²) in [6.07, 6.45) is 0. The van der Waals surface area contributed by atoms with Crippen molar-refractivity contribution in [2.24, 2.45) is 0 Å². The van der Waals surface area contributed by atoms with Crippen LogP contribution in [0, 0.1) is 0 Å². The van der Waals surface area contributed by atoms with E-state index in [9.17, 15) is 36.6 Å². The largest absolute Gasteiger partial charge is 0.505 e. The zero-order valence-corrected chi connectivity index (χ0v) is 19.2. The molecule has 4 N–H and O–H groups in total. The smallest absolute Gasteiger partial charge is 0.359 e. The van der Waals surface area contributed by atoms with Crippen molar-refractivity contribution < 1.29 is 46.1 Å². The fourth-order valence-electron chi connectivity index (χ4n) is 3.02. The number of aliphatic hydroxyl groups excluding tert-OH is 2. The molecule has 180 valence electrons. The summed E-state index contributed by atoms with van der Waals surface area (Å²) >= 11 is 0. The highest BCUT2D eigenvalue weighted by molar-refractivity contribution is 7.90. The summed E-state index contributed by atoms with van der Waals surface area (Å²) in [5, 5.41) is 19.6. The molecule has 0 radical (unpaired) electrons. The summed E-state index contributed by atoms with van der Waals surface area (Å²) in [6.45, 7) is 0. The van der Waals surface area contributed by atoms with Gasteiger partial charge in [0.25, 0.3) is 20.0 Å². The maximum absolute atomic E-state index is 11.8. The number of esters is 2. The molecule has 34 heavy (non-hydrogen) atoms. The minimum atomic E-state index is -3.85. The van der Waals surface area contributed by atoms with E-state index < -0.39 is 54.9 Å². The number of rotatable bonds is 2. The molecule has 0 unspecified atom stereocenters. The second kappa shape index (κ2) is 9.07. The predicted octanol–water partition coefficient (Wildman–Crippen LogP) is 0.756. The fraction of sp³-hybridized carbons (Fsp3) is 0.100. The van der Waals surface area contributed by atoms with Gasteiger partial charge in [0.15, 0.2) is 22.9 Å². The van der Waals surface area contributed by atoms with E-state index in [1.807, 2.05) is 9.44 Å². The molecule has 2 aliphatic heterocycles. The van der Waals surface area contributed by atoms with E-state index in [1.165, 1.54) is 36.4 Å². The summed E-state index contributed by atoms with van der Waals surface area (Å²) in [5.41, 5.74) is -0.810. The van der Waals surface area contributed by atoms with Crippen molar-refractivity contribution in [2.45, 2.75) is 9.79 Å². The maximum Gasteiger partial charge on any atom is 0.359 e. The van der Waals surface area contributed by atoms with Crippen LogP contribution in [0.15, 0.2) is 69.7 Å². The molecule has 0 saturated carbocycles. The van der Waals surface area contributed by atoms with E-state index in [1.54, 1.807) is 12.1 Å². The van der Waals surface area contributed by atoms with Crippen molar-refractivity contribution in [1.29, 1.82) is 0 Å². The highest BCUT2D eigenvalue weighted by Gasteiger charge is 2.33. The van der Waals surface area contributed by atoms with Gasteiger partial charge in [0.05, 0.1) is 24.0 Å². The van der Waals surface area contributed by atoms with Gasteiger partial charge in [-0.2, -0.15) is 0 Å². The number of benzene rings is 2. The van der Waals surface area contributed by atoms with Crippen LogP contribution in [0.2, 0.25) is 0 Å². The van der Waals surface area contributed by atoms with Crippen molar-refractivity contribution in [3.63, 3.8) is 0 Å². The minimum Gasteiger partial charge on any atom is -0.505 e. The Hall–Kier alpha value is -4.04. The van der Waals surface area contributed by atoms with E-state index in [0.717, 1.165) is 14.2 Å². The van der Waals surface area contributed by atoms with E-state index in [-0.39, 0.29) is 20.9 Å². The monoisotopic (exact) mass is 510 g/mol. The van der Waals surface area contributed by atoms with Crippen molar-refractivity contribution >= 4 is 43.5 Å². The summed E-state index contributed by atoms with van der Waals surface area (Å²) in [5.74, 6) is -2.77. The van der Waals surface area contributed by atoms with Gasteiger partial charge in [-0.25, -0.2) is 26.4 Å². The number of methoxy groups -OCH3 is 2. The molecule has 0 aromatic heterocycles. The second-order valence-electron chi connectivity index (χ2n) is 6.63. The van der Waals surface area contributed by atoms with Gasteiger partial charge in [0, 0.05) is 11.1 Å². The molecule has 0 amide bonds. The number of hydrogen-bond donors (Lipinski definition) is 4. The van der Waals surface area contributed by atoms with Crippen LogP contribution in [-0.4, -0.2) is 53.2 Å². The Bertz CT molecular complexity index is 1350. The summed E-state index contributed by atoms with van der Waals surface area (Å²) < 4.78 is 59.9. The van der Waals surface area contributed by atoms with Gasteiger partial charge in [0.1, 0.15) is 0 Å². The molecule has 0 fully saturated rings. The lowest BCUT2D eigenvalue weighted by atomic mass is 10.1. The van der Waals surface area contributed by atoms with Crippen LogP contribution in [0.25, 0.3) is 11.5 Å². The molecule has 4 rings (SSSR count). The Balaban J connectivity index is 0.000000191. The summed E-state index contributed by atoms with van der Waals surface area (Å²) in [7, 11) is -5.51. The Kier molecular flexibility index (Phi) is 6.56. The lowest BCUT2D eigenvalue weighted by Crippen LogP contribution is -2.33. The van der Waals surface area contributed by atoms with Gasteiger partial charge in [-0.15, -0.1) is 0 Å². The first-order valence-electron chi connectivity index (χ1n) is 9.22.